The zero-order valence-corrected chi connectivity index (χ0v) is 14.1. The number of carbonyl (C=O) groups is 2. The van der Waals surface area contributed by atoms with Crippen molar-refractivity contribution in [3.63, 3.8) is 0 Å². The van der Waals surface area contributed by atoms with Crippen LogP contribution in [0.5, 0.6) is 0 Å². The lowest BCUT2D eigenvalue weighted by atomic mass is 10.0. The Labute approximate surface area is 138 Å². The van der Waals surface area contributed by atoms with Crippen molar-refractivity contribution < 1.29 is 9.59 Å². The summed E-state index contributed by atoms with van der Waals surface area (Å²) in [5.74, 6) is 0.543. The Balaban J connectivity index is 1.65. The van der Waals surface area contributed by atoms with Crippen LogP contribution in [0.3, 0.4) is 0 Å². The van der Waals surface area contributed by atoms with Crippen LogP contribution in [0.4, 0.5) is 5.69 Å². The van der Waals surface area contributed by atoms with Crippen molar-refractivity contribution in [2.24, 2.45) is 5.92 Å². The molecule has 126 valence electrons. The van der Waals surface area contributed by atoms with E-state index < -0.39 is 0 Å². The van der Waals surface area contributed by atoms with Crippen molar-refractivity contribution in [1.29, 1.82) is 0 Å². The lowest BCUT2D eigenvalue weighted by molar-refractivity contribution is -0.121. The van der Waals surface area contributed by atoms with E-state index in [4.69, 9.17) is 0 Å². The quantitative estimate of drug-likeness (QED) is 0.758. The molecule has 0 aromatic heterocycles. The maximum atomic E-state index is 12.0. The molecular weight excluding hydrogens is 290 g/mol. The Bertz CT molecular complexity index is 520. The Hall–Kier alpha value is -2.04. The van der Waals surface area contributed by atoms with Crippen LogP contribution in [0.25, 0.3) is 0 Å². The van der Waals surface area contributed by atoms with E-state index in [0.717, 1.165) is 5.69 Å². The molecule has 1 aromatic carbocycles. The van der Waals surface area contributed by atoms with E-state index in [-0.39, 0.29) is 11.8 Å². The number of amides is 2. The van der Waals surface area contributed by atoms with Crippen molar-refractivity contribution in [1.82, 2.24) is 10.6 Å². The number of benzene rings is 1. The lowest BCUT2D eigenvalue weighted by Crippen LogP contribution is -2.35. The van der Waals surface area contributed by atoms with Crippen molar-refractivity contribution in [2.45, 2.75) is 32.1 Å². The molecule has 0 bridgehead atoms. The van der Waals surface area contributed by atoms with E-state index in [1.54, 1.807) is 0 Å². The number of nitrogens with one attached hydrogen (secondary N) is 2. The van der Waals surface area contributed by atoms with Gasteiger partial charge in [-0.3, -0.25) is 9.59 Å². The smallest absolute Gasteiger partial charge is 0.251 e. The highest BCUT2D eigenvalue weighted by atomic mass is 16.2. The number of rotatable bonds is 7. The van der Waals surface area contributed by atoms with Gasteiger partial charge in [0.25, 0.3) is 5.91 Å². The highest BCUT2D eigenvalue weighted by Gasteiger charge is 2.18. The Morgan fingerprint density at radius 3 is 2.26 bits per heavy atom. The van der Waals surface area contributed by atoms with Gasteiger partial charge in [-0.05, 0) is 43.0 Å². The van der Waals surface area contributed by atoms with Crippen LogP contribution < -0.4 is 15.5 Å². The van der Waals surface area contributed by atoms with Crippen LogP contribution in [0.15, 0.2) is 24.3 Å². The molecule has 0 heterocycles. The number of hydrogen-bond acceptors (Lipinski definition) is 3. The van der Waals surface area contributed by atoms with Gasteiger partial charge in [0.15, 0.2) is 0 Å². The highest BCUT2D eigenvalue weighted by Crippen LogP contribution is 2.27. The summed E-state index contributed by atoms with van der Waals surface area (Å²) < 4.78 is 0. The molecule has 1 aromatic rings. The molecule has 2 N–H and O–H groups in total. The average Bonchev–Trinajstić information content (AvgIpc) is 3.04. The van der Waals surface area contributed by atoms with E-state index in [0.29, 0.717) is 31.0 Å². The number of hydrogen-bond donors (Lipinski definition) is 2. The summed E-state index contributed by atoms with van der Waals surface area (Å²) in [6.45, 7) is 0.928. The summed E-state index contributed by atoms with van der Waals surface area (Å²) in [4.78, 5) is 25.8. The first-order valence-electron chi connectivity index (χ1n) is 8.38. The highest BCUT2D eigenvalue weighted by molar-refractivity contribution is 5.94. The van der Waals surface area contributed by atoms with E-state index >= 15 is 0 Å². The summed E-state index contributed by atoms with van der Waals surface area (Å²) in [7, 11) is 3.92. The monoisotopic (exact) mass is 317 g/mol. The maximum absolute atomic E-state index is 12.0. The molecule has 5 nitrogen and oxygen atoms in total. The molecule has 0 radical (unpaired) electrons. The van der Waals surface area contributed by atoms with Crippen LogP contribution in [-0.4, -0.2) is 39.0 Å². The normalized spacial score (nSPS) is 14.5. The van der Waals surface area contributed by atoms with Gasteiger partial charge in [-0.2, -0.15) is 0 Å². The van der Waals surface area contributed by atoms with Crippen LogP contribution in [-0.2, 0) is 4.79 Å². The van der Waals surface area contributed by atoms with Crippen LogP contribution in [0.2, 0.25) is 0 Å². The second kappa shape index (κ2) is 8.56. The Morgan fingerprint density at radius 2 is 1.65 bits per heavy atom. The minimum atomic E-state index is -0.111. The van der Waals surface area contributed by atoms with Gasteiger partial charge in [-0.25, -0.2) is 0 Å². The molecule has 0 unspecified atom stereocenters. The van der Waals surface area contributed by atoms with Gasteiger partial charge in [0, 0.05) is 44.9 Å². The van der Waals surface area contributed by atoms with Gasteiger partial charge in [0.1, 0.15) is 0 Å². The summed E-state index contributed by atoms with van der Waals surface area (Å²) >= 11 is 0. The van der Waals surface area contributed by atoms with E-state index in [1.165, 1.54) is 25.7 Å². The number of carbonyl (C=O) groups excluding carboxylic acids is 2. The maximum Gasteiger partial charge on any atom is 0.251 e. The molecule has 5 heteroatoms. The molecule has 0 aliphatic heterocycles. The predicted molar refractivity (Wildman–Crippen MR) is 92.7 cm³/mol. The fourth-order valence-corrected chi connectivity index (χ4v) is 2.94. The molecule has 23 heavy (non-hydrogen) atoms. The zero-order chi connectivity index (χ0) is 16.7. The first kappa shape index (κ1) is 17.3. The standard InChI is InChI=1S/C18H27N3O2/c1-21(2)16-9-7-15(8-10-16)18(23)20-12-11-19-17(22)13-14-5-3-4-6-14/h7-10,14H,3-6,11-13H2,1-2H3,(H,19,22)(H,20,23). The lowest BCUT2D eigenvalue weighted by Gasteiger charge is -2.13. The van der Waals surface area contributed by atoms with Crippen molar-refractivity contribution in [3.8, 4) is 0 Å². The minimum absolute atomic E-state index is 0.0986. The Kier molecular flexibility index (Phi) is 6.44. The van der Waals surface area contributed by atoms with Crippen LogP contribution >= 0.6 is 0 Å². The fraction of sp³-hybridized carbons (Fsp3) is 0.556. The summed E-state index contributed by atoms with van der Waals surface area (Å²) in [5, 5.41) is 5.71. The Morgan fingerprint density at radius 1 is 1.04 bits per heavy atom. The minimum Gasteiger partial charge on any atom is -0.378 e. The largest absolute Gasteiger partial charge is 0.378 e. The number of anilines is 1. The van der Waals surface area contributed by atoms with Crippen molar-refractivity contribution >= 4 is 17.5 Å². The van der Waals surface area contributed by atoms with E-state index in [9.17, 15) is 9.59 Å². The zero-order valence-electron chi connectivity index (χ0n) is 14.1. The van der Waals surface area contributed by atoms with E-state index in [1.807, 2.05) is 43.3 Å². The molecule has 2 amide bonds. The molecule has 2 rings (SSSR count). The molecular formula is C18H27N3O2. The third-order valence-electron chi connectivity index (χ3n) is 4.33. The molecule has 1 aliphatic rings. The second-order valence-electron chi connectivity index (χ2n) is 6.40. The van der Waals surface area contributed by atoms with Gasteiger partial charge in [0.05, 0.1) is 0 Å². The fourth-order valence-electron chi connectivity index (χ4n) is 2.94. The molecule has 1 saturated carbocycles. The summed E-state index contributed by atoms with van der Waals surface area (Å²) in [5.41, 5.74) is 1.69. The average molecular weight is 317 g/mol. The third-order valence-corrected chi connectivity index (χ3v) is 4.33. The predicted octanol–water partition coefficient (Wildman–Crippen LogP) is 2.18. The molecule has 0 saturated heterocycles. The van der Waals surface area contributed by atoms with Gasteiger partial charge >= 0.3 is 0 Å². The van der Waals surface area contributed by atoms with Crippen molar-refractivity contribution in [2.75, 3.05) is 32.1 Å². The van der Waals surface area contributed by atoms with Gasteiger partial charge in [-0.1, -0.05) is 12.8 Å². The van der Waals surface area contributed by atoms with E-state index in [2.05, 4.69) is 10.6 Å². The second-order valence-corrected chi connectivity index (χ2v) is 6.40. The SMILES string of the molecule is CN(C)c1ccc(C(=O)NCCNC(=O)CC2CCCC2)cc1. The molecule has 0 atom stereocenters. The first-order chi connectivity index (χ1) is 11.1. The molecule has 1 aliphatic carbocycles. The van der Waals surface area contributed by atoms with Crippen LogP contribution in [0, 0.1) is 5.92 Å². The topological polar surface area (TPSA) is 61.4 Å². The summed E-state index contributed by atoms with van der Waals surface area (Å²) in [6, 6.07) is 7.45. The van der Waals surface area contributed by atoms with Gasteiger partial charge in [0.2, 0.25) is 5.91 Å². The first-order valence-corrected chi connectivity index (χ1v) is 8.38. The molecule has 0 spiro atoms. The van der Waals surface area contributed by atoms with Gasteiger partial charge in [-0.15, -0.1) is 0 Å². The third kappa shape index (κ3) is 5.58. The van der Waals surface area contributed by atoms with Crippen LogP contribution in [0.1, 0.15) is 42.5 Å². The van der Waals surface area contributed by atoms with Gasteiger partial charge < -0.3 is 15.5 Å². The molecule has 1 fully saturated rings. The number of nitrogens with zero attached hydrogens (tertiary/aromatic N) is 1. The summed E-state index contributed by atoms with van der Waals surface area (Å²) in [6.07, 6.45) is 5.47. The van der Waals surface area contributed by atoms with Crippen molar-refractivity contribution in [3.05, 3.63) is 29.8 Å².